The summed E-state index contributed by atoms with van der Waals surface area (Å²) in [5, 5.41) is 0. The maximum atomic E-state index is 13.0. The van der Waals surface area contributed by atoms with E-state index in [1.807, 2.05) is 13.0 Å². The van der Waals surface area contributed by atoms with Crippen molar-refractivity contribution in [3.63, 3.8) is 0 Å². The first-order chi connectivity index (χ1) is 9.02. The van der Waals surface area contributed by atoms with E-state index in [0.717, 1.165) is 35.4 Å². The van der Waals surface area contributed by atoms with Gasteiger partial charge in [0.2, 0.25) is 0 Å². The molecule has 0 saturated heterocycles. The normalized spacial score (nSPS) is 25.5. The Morgan fingerprint density at radius 2 is 2.11 bits per heavy atom. The van der Waals surface area contributed by atoms with Gasteiger partial charge in [-0.2, -0.15) is 0 Å². The summed E-state index contributed by atoms with van der Waals surface area (Å²) in [5.74, 6) is 0.256. The Kier molecular flexibility index (Phi) is 2.63. The first kappa shape index (κ1) is 12.2. The lowest BCUT2D eigenvalue weighted by Gasteiger charge is -2.35. The van der Waals surface area contributed by atoms with E-state index in [9.17, 15) is 4.79 Å². The fourth-order valence-corrected chi connectivity index (χ4v) is 3.19. The highest BCUT2D eigenvalue weighted by molar-refractivity contribution is 6.04. The molecule has 2 aliphatic rings. The second-order valence-corrected chi connectivity index (χ2v) is 5.86. The second-order valence-electron chi connectivity index (χ2n) is 5.86. The summed E-state index contributed by atoms with van der Waals surface area (Å²) < 4.78 is 0. The third-order valence-corrected chi connectivity index (χ3v) is 4.31. The Morgan fingerprint density at radius 3 is 2.89 bits per heavy atom. The lowest BCUT2D eigenvalue weighted by atomic mass is 9.74. The zero-order chi connectivity index (χ0) is 13.6. The van der Waals surface area contributed by atoms with Crippen LogP contribution in [-0.2, 0) is 6.54 Å². The highest BCUT2D eigenvalue weighted by Crippen LogP contribution is 2.42. The smallest absolute Gasteiger partial charge is 0.175 e. The van der Waals surface area contributed by atoms with Crippen molar-refractivity contribution in [2.45, 2.75) is 26.8 Å². The summed E-state index contributed by atoms with van der Waals surface area (Å²) in [6, 6.07) is 6.22. The molecule has 1 heterocycles. The van der Waals surface area contributed by atoms with Crippen molar-refractivity contribution in [3.05, 3.63) is 58.8 Å². The first-order valence-electron chi connectivity index (χ1n) is 6.75. The van der Waals surface area contributed by atoms with Crippen molar-refractivity contribution in [2.75, 3.05) is 7.05 Å². The standard InChI is InChI=1S/C17H19NO/c1-12-7-8-13-11-18(3)15-6-4-5-9-17(15,2)16(19)14(13)10-12/h4-8,10H,9,11H2,1-3H3. The van der Waals surface area contributed by atoms with Gasteiger partial charge in [-0.3, -0.25) is 4.79 Å². The topological polar surface area (TPSA) is 20.3 Å². The molecule has 2 nitrogen and oxygen atoms in total. The molecule has 1 aromatic carbocycles. The second kappa shape index (κ2) is 4.09. The Hall–Kier alpha value is -1.83. The lowest BCUT2D eigenvalue weighted by molar-refractivity contribution is 0.0836. The molecule has 0 radical (unpaired) electrons. The Morgan fingerprint density at radius 1 is 1.32 bits per heavy atom. The molecule has 0 N–H and O–H groups in total. The van der Waals surface area contributed by atoms with E-state index in [0.29, 0.717) is 0 Å². The number of hydrogen-bond donors (Lipinski definition) is 0. The minimum absolute atomic E-state index is 0.256. The van der Waals surface area contributed by atoms with Gasteiger partial charge in [-0.05, 0) is 38.0 Å². The molecule has 0 spiro atoms. The Labute approximate surface area is 114 Å². The van der Waals surface area contributed by atoms with Gasteiger partial charge in [-0.1, -0.05) is 29.8 Å². The van der Waals surface area contributed by atoms with Crippen molar-refractivity contribution in [1.29, 1.82) is 0 Å². The largest absolute Gasteiger partial charge is 0.373 e. The number of rotatable bonds is 0. The number of allylic oxidation sites excluding steroid dienone is 4. The molecule has 0 bridgehead atoms. The molecule has 0 amide bonds. The fourth-order valence-electron chi connectivity index (χ4n) is 3.19. The number of carbonyl (C=O) groups excluding carboxylic acids is 1. The van der Waals surface area contributed by atoms with Gasteiger partial charge < -0.3 is 4.90 Å². The predicted octanol–water partition coefficient (Wildman–Crippen LogP) is 3.47. The van der Waals surface area contributed by atoms with Crippen LogP contribution in [0, 0.1) is 12.3 Å². The molecule has 2 heteroatoms. The van der Waals surface area contributed by atoms with E-state index in [-0.39, 0.29) is 5.78 Å². The molecule has 1 aromatic rings. The van der Waals surface area contributed by atoms with E-state index in [4.69, 9.17) is 0 Å². The summed E-state index contributed by atoms with van der Waals surface area (Å²) in [4.78, 5) is 15.2. The fraction of sp³-hybridized carbons (Fsp3) is 0.353. The van der Waals surface area contributed by atoms with Crippen LogP contribution in [0.25, 0.3) is 0 Å². The average Bonchev–Trinajstić information content (AvgIpc) is 2.47. The van der Waals surface area contributed by atoms with Gasteiger partial charge in [0.05, 0.1) is 5.41 Å². The van der Waals surface area contributed by atoms with E-state index >= 15 is 0 Å². The quantitative estimate of drug-likeness (QED) is 0.705. The molecule has 1 aliphatic heterocycles. The number of aryl methyl sites for hydroxylation is 1. The first-order valence-corrected chi connectivity index (χ1v) is 6.75. The van der Waals surface area contributed by atoms with E-state index < -0.39 is 5.41 Å². The van der Waals surface area contributed by atoms with E-state index in [1.165, 1.54) is 0 Å². The van der Waals surface area contributed by atoms with Crippen LogP contribution in [-0.4, -0.2) is 17.7 Å². The highest BCUT2D eigenvalue weighted by atomic mass is 16.1. The van der Waals surface area contributed by atoms with Gasteiger partial charge in [0, 0.05) is 24.9 Å². The SMILES string of the molecule is Cc1ccc2c(c1)C(=O)C1(C)CC=CC=C1N(C)C2. The molecule has 1 atom stereocenters. The van der Waals surface area contributed by atoms with Crippen LogP contribution < -0.4 is 0 Å². The number of carbonyl (C=O) groups is 1. The van der Waals surface area contributed by atoms with E-state index in [2.05, 4.69) is 49.2 Å². The third kappa shape index (κ3) is 1.74. The number of benzene rings is 1. The van der Waals surface area contributed by atoms with Gasteiger partial charge in [-0.25, -0.2) is 0 Å². The molecule has 0 fully saturated rings. The van der Waals surface area contributed by atoms with Gasteiger partial charge in [-0.15, -0.1) is 0 Å². The van der Waals surface area contributed by atoms with Gasteiger partial charge >= 0.3 is 0 Å². The summed E-state index contributed by atoms with van der Waals surface area (Å²) in [7, 11) is 2.07. The number of Topliss-reactive ketones (excluding diaryl/α,β-unsaturated/α-hetero) is 1. The number of fused-ring (bicyclic) bond motifs is 2. The summed E-state index contributed by atoms with van der Waals surface area (Å²) >= 11 is 0. The third-order valence-electron chi connectivity index (χ3n) is 4.31. The molecular weight excluding hydrogens is 234 g/mol. The maximum Gasteiger partial charge on any atom is 0.175 e. The van der Waals surface area contributed by atoms with Crippen molar-refractivity contribution in [2.24, 2.45) is 5.41 Å². The molecule has 0 saturated carbocycles. The van der Waals surface area contributed by atoms with Crippen LogP contribution in [0.2, 0.25) is 0 Å². The minimum Gasteiger partial charge on any atom is -0.373 e. The van der Waals surface area contributed by atoms with Crippen LogP contribution in [0.5, 0.6) is 0 Å². The predicted molar refractivity (Wildman–Crippen MR) is 76.9 cm³/mol. The highest BCUT2D eigenvalue weighted by Gasteiger charge is 2.42. The molecule has 3 rings (SSSR count). The van der Waals surface area contributed by atoms with Gasteiger partial charge in [0.25, 0.3) is 0 Å². The minimum atomic E-state index is -0.414. The molecule has 1 unspecified atom stereocenters. The van der Waals surface area contributed by atoms with Crippen molar-refractivity contribution < 1.29 is 4.79 Å². The average molecular weight is 253 g/mol. The summed E-state index contributed by atoms with van der Waals surface area (Å²) in [6.07, 6.45) is 7.02. The van der Waals surface area contributed by atoms with Crippen LogP contribution in [0.4, 0.5) is 0 Å². The van der Waals surface area contributed by atoms with Crippen molar-refractivity contribution >= 4 is 5.78 Å². The Balaban J connectivity index is 2.21. The van der Waals surface area contributed by atoms with Gasteiger partial charge in [0.15, 0.2) is 5.78 Å². The molecular formula is C17H19NO. The van der Waals surface area contributed by atoms with Gasteiger partial charge in [0.1, 0.15) is 0 Å². The maximum absolute atomic E-state index is 13.0. The van der Waals surface area contributed by atoms with Crippen LogP contribution in [0.15, 0.2) is 42.1 Å². The lowest BCUT2D eigenvalue weighted by Crippen LogP contribution is -2.35. The van der Waals surface area contributed by atoms with Crippen molar-refractivity contribution in [3.8, 4) is 0 Å². The molecule has 19 heavy (non-hydrogen) atoms. The monoisotopic (exact) mass is 253 g/mol. The summed E-state index contributed by atoms with van der Waals surface area (Å²) in [6.45, 7) is 4.91. The zero-order valence-corrected chi connectivity index (χ0v) is 11.7. The number of nitrogens with zero attached hydrogens (tertiary/aromatic N) is 1. The number of ketones is 1. The molecule has 98 valence electrons. The van der Waals surface area contributed by atoms with Crippen molar-refractivity contribution in [1.82, 2.24) is 4.90 Å². The van der Waals surface area contributed by atoms with Crippen LogP contribution >= 0.6 is 0 Å². The molecule has 1 aliphatic carbocycles. The Bertz CT molecular complexity index is 612. The number of hydrogen-bond acceptors (Lipinski definition) is 2. The zero-order valence-electron chi connectivity index (χ0n) is 11.7. The van der Waals surface area contributed by atoms with Crippen LogP contribution in [0.3, 0.4) is 0 Å². The molecule has 0 aromatic heterocycles. The van der Waals surface area contributed by atoms with E-state index in [1.54, 1.807) is 0 Å². The van der Waals surface area contributed by atoms with Crippen LogP contribution in [0.1, 0.15) is 34.8 Å². The summed E-state index contributed by atoms with van der Waals surface area (Å²) in [5.41, 5.74) is 3.90.